The number of aliphatic hydroxyl groups is 1. The second kappa shape index (κ2) is 3.91. The van der Waals surface area contributed by atoms with Gasteiger partial charge < -0.3 is 5.11 Å². The smallest absolute Gasteiger partial charge is 0.107 e. The Labute approximate surface area is 89.7 Å². The fourth-order valence-electron chi connectivity index (χ4n) is 1.38. The molecule has 0 saturated carbocycles. The zero-order valence-electron chi connectivity index (χ0n) is 9.08. The summed E-state index contributed by atoms with van der Waals surface area (Å²) in [5, 5.41) is 14.9. The van der Waals surface area contributed by atoms with Gasteiger partial charge in [-0.15, -0.1) is 0 Å². The molecular weight excluding hydrogens is 200 g/mol. The Bertz CT molecular complexity index is 318. The van der Waals surface area contributed by atoms with E-state index in [-0.39, 0.29) is 5.92 Å². The molecule has 1 unspecified atom stereocenters. The van der Waals surface area contributed by atoms with Crippen LogP contribution in [0.4, 0.5) is 0 Å². The summed E-state index contributed by atoms with van der Waals surface area (Å²) in [4.78, 5) is 0. The van der Waals surface area contributed by atoms with E-state index in [1.807, 2.05) is 20.8 Å². The van der Waals surface area contributed by atoms with Gasteiger partial charge >= 0.3 is 0 Å². The Morgan fingerprint density at radius 3 is 2.64 bits per heavy atom. The first-order valence-electron chi connectivity index (χ1n) is 4.85. The molecule has 0 aliphatic rings. The van der Waals surface area contributed by atoms with Gasteiger partial charge in [-0.3, -0.25) is 4.68 Å². The molecule has 1 aromatic heterocycles. The molecule has 0 bridgehead atoms. The van der Waals surface area contributed by atoms with Gasteiger partial charge in [-0.1, -0.05) is 25.4 Å². The van der Waals surface area contributed by atoms with Crippen LogP contribution >= 0.6 is 11.6 Å². The molecule has 0 saturated heterocycles. The van der Waals surface area contributed by atoms with E-state index in [4.69, 9.17) is 11.6 Å². The van der Waals surface area contributed by atoms with Crippen LogP contribution in [0, 0.1) is 5.92 Å². The van der Waals surface area contributed by atoms with E-state index in [0.29, 0.717) is 17.3 Å². The molecule has 0 aliphatic carbocycles. The summed E-state index contributed by atoms with van der Waals surface area (Å²) in [6.45, 7) is 8.38. The molecule has 1 rings (SSSR count). The van der Waals surface area contributed by atoms with Crippen molar-refractivity contribution in [3.63, 3.8) is 0 Å². The van der Waals surface area contributed by atoms with E-state index in [9.17, 15) is 5.11 Å². The molecule has 80 valence electrons. The lowest BCUT2D eigenvalue weighted by Crippen LogP contribution is -2.31. The van der Waals surface area contributed by atoms with Crippen LogP contribution in [-0.2, 0) is 12.1 Å². The largest absolute Gasteiger partial charge is 0.384 e. The standard InChI is InChI=1S/C10H17ClN2O/c1-5-13-9(8(11)6-12-13)10(4,14)7(2)3/h6-7,14H,5H2,1-4H3. The molecule has 0 aliphatic heterocycles. The van der Waals surface area contributed by atoms with E-state index < -0.39 is 5.60 Å². The Morgan fingerprint density at radius 2 is 2.21 bits per heavy atom. The molecule has 1 N–H and O–H groups in total. The van der Waals surface area contributed by atoms with E-state index in [2.05, 4.69) is 5.10 Å². The van der Waals surface area contributed by atoms with Crippen LogP contribution in [0.1, 0.15) is 33.4 Å². The number of nitrogens with zero attached hydrogens (tertiary/aromatic N) is 2. The van der Waals surface area contributed by atoms with Crippen molar-refractivity contribution in [2.45, 2.75) is 39.8 Å². The Morgan fingerprint density at radius 1 is 1.64 bits per heavy atom. The topological polar surface area (TPSA) is 38.0 Å². The summed E-state index contributed by atoms with van der Waals surface area (Å²) < 4.78 is 1.74. The summed E-state index contributed by atoms with van der Waals surface area (Å²) in [6, 6.07) is 0. The second-order valence-corrected chi connectivity index (χ2v) is 4.37. The quantitative estimate of drug-likeness (QED) is 0.843. The summed E-state index contributed by atoms with van der Waals surface area (Å²) in [5.74, 6) is 0.0991. The maximum atomic E-state index is 10.3. The third-order valence-electron chi connectivity index (χ3n) is 2.70. The van der Waals surface area contributed by atoms with Crippen molar-refractivity contribution in [2.75, 3.05) is 0 Å². The van der Waals surface area contributed by atoms with Crippen LogP contribution in [0.3, 0.4) is 0 Å². The van der Waals surface area contributed by atoms with Gasteiger partial charge in [-0.25, -0.2) is 0 Å². The molecule has 1 heterocycles. The minimum absolute atomic E-state index is 0.0991. The third-order valence-corrected chi connectivity index (χ3v) is 2.97. The highest BCUT2D eigenvalue weighted by Crippen LogP contribution is 2.33. The van der Waals surface area contributed by atoms with Gasteiger partial charge in [0.2, 0.25) is 0 Å². The highest BCUT2D eigenvalue weighted by atomic mass is 35.5. The van der Waals surface area contributed by atoms with Crippen LogP contribution < -0.4 is 0 Å². The Hall–Kier alpha value is -0.540. The zero-order valence-corrected chi connectivity index (χ0v) is 9.84. The van der Waals surface area contributed by atoms with E-state index in [1.165, 1.54) is 0 Å². The predicted molar refractivity (Wildman–Crippen MR) is 57.3 cm³/mol. The van der Waals surface area contributed by atoms with Gasteiger partial charge in [0, 0.05) is 6.54 Å². The average Bonchev–Trinajstić information content (AvgIpc) is 2.46. The maximum Gasteiger partial charge on any atom is 0.107 e. The molecule has 3 nitrogen and oxygen atoms in total. The molecule has 14 heavy (non-hydrogen) atoms. The van der Waals surface area contributed by atoms with Crippen LogP contribution in [0.2, 0.25) is 5.02 Å². The number of rotatable bonds is 3. The predicted octanol–water partition coefficient (Wildman–Crippen LogP) is 2.42. The molecule has 4 heteroatoms. The zero-order chi connectivity index (χ0) is 10.9. The summed E-state index contributed by atoms with van der Waals surface area (Å²) >= 11 is 6.01. The molecule has 1 atom stereocenters. The van der Waals surface area contributed by atoms with E-state index in [1.54, 1.807) is 17.8 Å². The van der Waals surface area contributed by atoms with Crippen LogP contribution in [0.5, 0.6) is 0 Å². The molecule has 0 radical (unpaired) electrons. The Balaban J connectivity index is 3.22. The van der Waals surface area contributed by atoms with Crippen molar-refractivity contribution in [3.05, 3.63) is 16.9 Å². The summed E-state index contributed by atoms with van der Waals surface area (Å²) in [6.07, 6.45) is 1.58. The third kappa shape index (κ3) is 1.79. The van der Waals surface area contributed by atoms with Gasteiger partial charge in [-0.2, -0.15) is 5.10 Å². The van der Waals surface area contributed by atoms with Crippen molar-refractivity contribution < 1.29 is 5.11 Å². The van der Waals surface area contributed by atoms with Crippen molar-refractivity contribution in [3.8, 4) is 0 Å². The lowest BCUT2D eigenvalue weighted by molar-refractivity contribution is 0.000742. The molecule has 1 aromatic rings. The molecule has 0 aromatic carbocycles. The highest BCUT2D eigenvalue weighted by Gasteiger charge is 2.33. The molecule has 0 spiro atoms. The van der Waals surface area contributed by atoms with Gasteiger partial charge in [0.1, 0.15) is 5.60 Å². The molecular formula is C10H17ClN2O. The number of aromatic nitrogens is 2. The SMILES string of the molecule is CCn1ncc(Cl)c1C(C)(O)C(C)C. The van der Waals surface area contributed by atoms with Gasteiger partial charge in [0.15, 0.2) is 0 Å². The first kappa shape index (κ1) is 11.5. The number of halogens is 1. The van der Waals surface area contributed by atoms with Gasteiger partial charge in [0.25, 0.3) is 0 Å². The van der Waals surface area contributed by atoms with E-state index >= 15 is 0 Å². The van der Waals surface area contributed by atoms with Crippen molar-refractivity contribution in [1.29, 1.82) is 0 Å². The number of hydrogen-bond donors (Lipinski definition) is 1. The first-order chi connectivity index (χ1) is 6.41. The number of hydrogen-bond acceptors (Lipinski definition) is 2. The van der Waals surface area contributed by atoms with Crippen molar-refractivity contribution in [2.24, 2.45) is 5.92 Å². The van der Waals surface area contributed by atoms with Crippen molar-refractivity contribution in [1.82, 2.24) is 9.78 Å². The van der Waals surface area contributed by atoms with Crippen LogP contribution in [-0.4, -0.2) is 14.9 Å². The summed E-state index contributed by atoms with van der Waals surface area (Å²) in [7, 11) is 0. The van der Waals surface area contributed by atoms with Crippen LogP contribution in [0.25, 0.3) is 0 Å². The van der Waals surface area contributed by atoms with E-state index in [0.717, 1.165) is 0 Å². The maximum absolute atomic E-state index is 10.3. The minimum Gasteiger partial charge on any atom is -0.384 e. The normalized spacial score (nSPS) is 15.9. The fourth-order valence-corrected chi connectivity index (χ4v) is 1.71. The fraction of sp³-hybridized carbons (Fsp3) is 0.700. The average molecular weight is 217 g/mol. The lowest BCUT2D eigenvalue weighted by atomic mass is 9.89. The first-order valence-corrected chi connectivity index (χ1v) is 5.23. The summed E-state index contributed by atoms with van der Waals surface area (Å²) in [5.41, 5.74) is -0.222. The van der Waals surface area contributed by atoms with Gasteiger partial charge in [0.05, 0.1) is 16.9 Å². The highest BCUT2D eigenvalue weighted by molar-refractivity contribution is 6.31. The van der Waals surface area contributed by atoms with Gasteiger partial charge in [-0.05, 0) is 19.8 Å². The lowest BCUT2D eigenvalue weighted by Gasteiger charge is -2.28. The molecule has 0 fully saturated rings. The number of aryl methyl sites for hydroxylation is 1. The minimum atomic E-state index is -0.927. The van der Waals surface area contributed by atoms with Crippen LogP contribution in [0.15, 0.2) is 6.20 Å². The van der Waals surface area contributed by atoms with Crippen molar-refractivity contribution >= 4 is 11.6 Å². The second-order valence-electron chi connectivity index (χ2n) is 3.96. The Kier molecular flexibility index (Phi) is 3.22. The monoisotopic (exact) mass is 216 g/mol. The molecule has 0 amide bonds.